The zero-order chi connectivity index (χ0) is 20.5. The van der Waals surface area contributed by atoms with E-state index in [1.54, 1.807) is 53.8 Å². The molecular formula is C23H21N2O3S+. The molecule has 29 heavy (non-hydrogen) atoms. The van der Waals surface area contributed by atoms with E-state index in [4.69, 9.17) is 0 Å². The van der Waals surface area contributed by atoms with Gasteiger partial charge >= 0.3 is 0 Å². The quantitative estimate of drug-likeness (QED) is 0.536. The first-order valence-electron chi connectivity index (χ1n) is 9.41. The molecule has 0 aliphatic heterocycles. The van der Waals surface area contributed by atoms with Crippen LogP contribution in [0.2, 0.25) is 0 Å². The Balaban J connectivity index is 1.55. The van der Waals surface area contributed by atoms with Crippen molar-refractivity contribution in [2.75, 3.05) is 18.9 Å². The third kappa shape index (κ3) is 3.64. The van der Waals surface area contributed by atoms with E-state index in [0.717, 1.165) is 11.4 Å². The summed E-state index contributed by atoms with van der Waals surface area (Å²) in [6.45, 7) is 3.09. The predicted molar refractivity (Wildman–Crippen MR) is 113 cm³/mol. The van der Waals surface area contributed by atoms with Crippen LogP contribution in [0.15, 0.2) is 53.9 Å². The predicted octanol–water partition coefficient (Wildman–Crippen LogP) is 2.49. The van der Waals surface area contributed by atoms with E-state index in [1.807, 2.05) is 7.05 Å². The molecule has 1 unspecified atom stereocenters. The Hall–Kier alpha value is -3.09. The van der Waals surface area contributed by atoms with Crippen molar-refractivity contribution in [3.63, 3.8) is 0 Å². The van der Waals surface area contributed by atoms with E-state index in [2.05, 4.69) is 23.7 Å². The number of anilines is 1. The summed E-state index contributed by atoms with van der Waals surface area (Å²) in [6, 6.07) is 13.9. The van der Waals surface area contributed by atoms with Gasteiger partial charge in [-0.1, -0.05) is 36.4 Å². The molecule has 1 aliphatic rings. The third-order valence-corrected chi connectivity index (χ3v) is 6.14. The number of rotatable bonds is 5. The number of likely N-dealkylation sites (N-methyl/N-ethyl adjacent to an activating group) is 1. The van der Waals surface area contributed by atoms with Crippen LogP contribution in [0, 0.1) is 6.92 Å². The molecule has 1 aromatic heterocycles. The van der Waals surface area contributed by atoms with Crippen molar-refractivity contribution in [1.29, 1.82) is 0 Å². The Labute approximate surface area is 173 Å². The van der Waals surface area contributed by atoms with Gasteiger partial charge in [0.1, 0.15) is 6.54 Å². The van der Waals surface area contributed by atoms with E-state index in [1.165, 1.54) is 10.4 Å². The minimum absolute atomic E-state index is 0.191. The van der Waals surface area contributed by atoms with Gasteiger partial charge in [0.15, 0.2) is 18.1 Å². The number of aryl methyl sites for hydroxylation is 1. The monoisotopic (exact) mass is 405 g/mol. The maximum atomic E-state index is 13.0. The number of hydrogen-bond donors (Lipinski definition) is 2. The maximum absolute atomic E-state index is 13.0. The topological polar surface area (TPSA) is 67.7 Å². The number of thiophene rings is 1. The number of quaternary nitrogens is 1. The van der Waals surface area contributed by atoms with E-state index >= 15 is 0 Å². The molecule has 0 bridgehead atoms. The molecule has 1 aliphatic carbocycles. The minimum atomic E-state index is -0.235. The lowest BCUT2D eigenvalue weighted by Gasteiger charge is -2.20. The summed E-state index contributed by atoms with van der Waals surface area (Å²) in [4.78, 5) is 40.8. The van der Waals surface area contributed by atoms with Crippen LogP contribution >= 0.6 is 11.3 Å². The van der Waals surface area contributed by atoms with E-state index < -0.39 is 0 Å². The smallest absolute Gasteiger partial charge is 0.279 e. The molecule has 2 aromatic carbocycles. The largest absolute Gasteiger partial charge is 0.325 e. The lowest BCUT2D eigenvalue weighted by atomic mass is 9.83. The molecule has 1 heterocycles. The number of carbonyl (C=O) groups excluding carboxylic acids is 3. The molecule has 0 saturated carbocycles. The highest BCUT2D eigenvalue weighted by atomic mass is 32.1. The molecular weight excluding hydrogens is 384 g/mol. The Morgan fingerprint density at radius 2 is 1.66 bits per heavy atom. The molecule has 146 valence electrons. The lowest BCUT2D eigenvalue weighted by molar-refractivity contribution is -0.884. The molecule has 0 fully saturated rings. The number of fused-ring (bicyclic) bond motifs is 2. The highest BCUT2D eigenvalue weighted by Gasteiger charge is 2.31. The zero-order valence-electron chi connectivity index (χ0n) is 16.2. The van der Waals surface area contributed by atoms with Gasteiger partial charge in [-0.3, -0.25) is 14.4 Å². The van der Waals surface area contributed by atoms with Gasteiger partial charge in [-0.15, -0.1) is 11.3 Å². The minimum Gasteiger partial charge on any atom is -0.325 e. The first kappa shape index (κ1) is 19.2. The fourth-order valence-electron chi connectivity index (χ4n) is 3.64. The summed E-state index contributed by atoms with van der Waals surface area (Å²) in [7, 11) is 1.96. The SMILES string of the molecule is Cc1ccsc1C[NH+](C)CC(=O)Nc1cccc2c1C(=O)c1ccccc1C2=O. The average Bonchev–Trinajstić information content (AvgIpc) is 3.10. The summed E-state index contributed by atoms with van der Waals surface area (Å²) < 4.78 is 0. The lowest BCUT2D eigenvalue weighted by Crippen LogP contribution is -3.08. The molecule has 3 aromatic rings. The first-order chi connectivity index (χ1) is 14.0. The van der Waals surface area contributed by atoms with Gasteiger partial charge in [0.25, 0.3) is 5.91 Å². The van der Waals surface area contributed by atoms with Gasteiger partial charge in [-0.2, -0.15) is 0 Å². The second-order valence-corrected chi connectivity index (χ2v) is 8.32. The van der Waals surface area contributed by atoms with Crippen molar-refractivity contribution in [2.24, 2.45) is 0 Å². The van der Waals surface area contributed by atoms with Crippen molar-refractivity contribution >= 4 is 34.5 Å². The van der Waals surface area contributed by atoms with Gasteiger partial charge in [0.05, 0.1) is 23.2 Å². The molecule has 1 atom stereocenters. The average molecular weight is 405 g/mol. The number of carbonyl (C=O) groups is 3. The highest BCUT2D eigenvalue weighted by Crippen LogP contribution is 2.31. The molecule has 0 saturated heterocycles. The Bertz CT molecular complexity index is 1130. The van der Waals surface area contributed by atoms with Crippen LogP contribution in [-0.4, -0.2) is 31.1 Å². The standard InChI is InChI=1S/C23H20N2O3S/c1-14-10-11-29-19(14)12-25(2)13-20(26)24-18-9-5-8-17-21(18)23(28)16-7-4-3-6-15(16)22(17)27/h3-11H,12-13H2,1-2H3,(H,24,26)/p+1. The summed E-state index contributed by atoms with van der Waals surface area (Å²) in [5, 5.41) is 4.90. The molecule has 5 nitrogen and oxygen atoms in total. The van der Waals surface area contributed by atoms with Gasteiger partial charge < -0.3 is 10.2 Å². The highest BCUT2D eigenvalue weighted by molar-refractivity contribution is 7.10. The van der Waals surface area contributed by atoms with Crippen LogP contribution in [0.25, 0.3) is 0 Å². The Kier molecular flexibility index (Phi) is 5.13. The Morgan fingerprint density at radius 3 is 2.34 bits per heavy atom. The second-order valence-electron chi connectivity index (χ2n) is 7.32. The molecule has 0 radical (unpaired) electrons. The van der Waals surface area contributed by atoms with Crippen molar-refractivity contribution in [2.45, 2.75) is 13.5 Å². The fourth-order valence-corrected chi connectivity index (χ4v) is 4.66. The molecule has 4 rings (SSSR count). The van der Waals surface area contributed by atoms with Gasteiger partial charge in [-0.25, -0.2) is 0 Å². The van der Waals surface area contributed by atoms with E-state index in [-0.39, 0.29) is 29.6 Å². The summed E-state index contributed by atoms with van der Waals surface area (Å²) >= 11 is 1.69. The van der Waals surface area contributed by atoms with Crippen LogP contribution in [0.5, 0.6) is 0 Å². The van der Waals surface area contributed by atoms with Crippen LogP contribution in [0.1, 0.15) is 42.3 Å². The number of ketones is 2. The van der Waals surface area contributed by atoms with Crippen molar-refractivity contribution in [1.82, 2.24) is 0 Å². The van der Waals surface area contributed by atoms with Gasteiger partial charge in [-0.05, 0) is 30.0 Å². The zero-order valence-corrected chi connectivity index (χ0v) is 17.1. The van der Waals surface area contributed by atoms with E-state index in [9.17, 15) is 14.4 Å². The van der Waals surface area contributed by atoms with Gasteiger partial charge in [0, 0.05) is 16.7 Å². The maximum Gasteiger partial charge on any atom is 0.279 e. The fraction of sp³-hybridized carbons (Fsp3) is 0.174. The summed E-state index contributed by atoms with van der Waals surface area (Å²) in [5.74, 6) is -0.618. The summed E-state index contributed by atoms with van der Waals surface area (Å²) in [6.07, 6.45) is 0. The molecule has 0 spiro atoms. The second kappa shape index (κ2) is 7.73. The Morgan fingerprint density at radius 1 is 0.966 bits per heavy atom. The molecule has 1 amide bonds. The van der Waals surface area contributed by atoms with Crippen LogP contribution < -0.4 is 10.2 Å². The third-order valence-electron chi connectivity index (χ3n) is 5.12. The van der Waals surface area contributed by atoms with E-state index in [0.29, 0.717) is 22.4 Å². The van der Waals surface area contributed by atoms with Crippen LogP contribution in [-0.2, 0) is 11.3 Å². The van der Waals surface area contributed by atoms with Crippen LogP contribution in [0.4, 0.5) is 5.69 Å². The van der Waals surface area contributed by atoms with Crippen molar-refractivity contribution in [3.8, 4) is 0 Å². The number of benzene rings is 2. The van der Waals surface area contributed by atoms with Crippen LogP contribution in [0.3, 0.4) is 0 Å². The normalized spacial score (nSPS) is 13.6. The summed E-state index contributed by atoms with van der Waals surface area (Å²) in [5.41, 5.74) is 3.01. The first-order valence-corrected chi connectivity index (χ1v) is 10.3. The molecule has 2 N–H and O–H groups in total. The van der Waals surface area contributed by atoms with Gasteiger partial charge in [0.2, 0.25) is 0 Å². The number of hydrogen-bond acceptors (Lipinski definition) is 4. The van der Waals surface area contributed by atoms with Crippen molar-refractivity contribution in [3.05, 3.63) is 86.6 Å². The number of nitrogens with one attached hydrogen (secondary N) is 2. The van der Waals surface area contributed by atoms with Crippen molar-refractivity contribution < 1.29 is 19.3 Å². The number of amides is 1. The molecule has 6 heteroatoms.